The second-order valence-corrected chi connectivity index (χ2v) is 5.63. The molecule has 1 heterocycles. The number of pyridine rings is 1. The number of aromatic nitrogens is 1. The molecule has 0 saturated heterocycles. The van der Waals surface area contributed by atoms with Gasteiger partial charge in [-0.15, -0.1) is 0 Å². The lowest BCUT2D eigenvalue weighted by molar-refractivity contribution is 0.0933. The summed E-state index contributed by atoms with van der Waals surface area (Å²) in [6.07, 6.45) is 4.01. The predicted octanol–water partition coefficient (Wildman–Crippen LogP) is 2.16. The van der Waals surface area contributed by atoms with Gasteiger partial charge in [0.1, 0.15) is 16.9 Å². The minimum absolute atomic E-state index is 0.229. The molecule has 1 fully saturated rings. The van der Waals surface area contributed by atoms with E-state index in [0.717, 1.165) is 12.8 Å². The van der Waals surface area contributed by atoms with E-state index >= 15 is 0 Å². The number of nitrogens with one attached hydrogen (secondary N) is 1. The molecule has 19 heavy (non-hydrogen) atoms. The predicted molar refractivity (Wildman–Crippen MR) is 71.7 cm³/mol. The minimum atomic E-state index is -0.408. The third-order valence-corrected chi connectivity index (χ3v) is 2.53. The Balaban J connectivity index is 2.27. The van der Waals surface area contributed by atoms with E-state index in [4.69, 9.17) is 9.47 Å². The molecule has 0 aliphatic heterocycles. The smallest absolute Gasteiger partial charge is 0.256 e. The van der Waals surface area contributed by atoms with Gasteiger partial charge in [-0.3, -0.25) is 4.79 Å². The third-order valence-electron chi connectivity index (χ3n) is 2.53. The van der Waals surface area contributed by atoms with Crippen molar-refractivity contribution in [2.75, 3.05) is 7.05 Å². The molecule has 5 heteroatoms. The molecule has 0 spiro atoms. The highest BCUT2D eigenvalue weighted by molar-refractivity contribution is 5.96. The SMILES string of the molecule is CNC(=O)c1cc(OC2CC2)cnc1OC(C)(C)C. The standard InChI is InChI=1S/C14H20N2O3/c1-14(2,3)19-13-11(12(17)15-4)7-10(8-16-13)18-9-5-6-9/h7-9H,5-6H2,1-4H3,(H,15,17). The Bertz CT molecular complexity index is 476. The molecule has 1 N–H and O–H groups in total. The van der Waals surface area contributed by atoms with Crippen LogP contribution < -0.4 is 14.8 Å². The summed E-state index contributed by atoms with van der Waals surface area (Å²) >= 11 is 0. The zero-order chi connectivity index (χ0) is 14.0. The van der Waals surface area contributed by atoms with E-state index in [9.17, 15) is 4.79 Å². The third kappa shape index (κ3) is 3.84. The molecule has 0 aromatic carbocycles. The molecule has 1 aromatic heterocycles. The largest absolute Gasteiger partial charge is 0.489 e. The lowest BCUT2D eigenvalue weighted by atomic mass is 10.2. The molecule has 0 radical (unpaired) electrons. The molecule has 0 unspecified atom stereocenters. The summed E-state index contributed by atoms with van der Waals surface area (Å²) in [5.41, 5.74) is -0.00942. The van der Waals surface area contributed by atoms with E-state index < -0.39 is 5.60 Å². The summed E-state index contributed by atoms with van der Waals surface area (Å²) in [5.74, 6) is 0.713. The normalized spacial score (nSPS) is 14.9. The van der Waals surface area contributed by atoms with Crippen molar-refractivity contribution in [2.45, 2.75) is 45.3 Å². The Morgan fingerprint density at radius 2 is 2.11 bits per heavy atom. The van der Waals surface area contributed by atoms with Crippen LogP contribution in [0.5, 0.6) is 11.6 Å². The van der Waals surface area contributed by atoms with Crippen molar-refractivity contribution in [1.29, 1.82) is 0 Å². The molecule has 2 rings (SSSR count). The Kier molecular flexibility index (Phi) is 3.64. The molecular weight excluding hydrogens is 244 g/mol. The van der Waals surface area contributed by atoms with Gasteiger partial charge >= 0.3 is 0 Å². The van der Waals surface area contributed by atoms with E-state index in [1.54, 1.807) is 19.3 Å². The first kappa shape index (κ1) is 13.6. The second kappa shape index (κ2) is 5.07. The van der Waals surface area contributed by atoms with Crippen molar-refractivity contribution in [3.8, 4) is 11.6 Å². The fourth-order valence-corrected chi connectivity index (χ4v) is 1.54. The van der Waals surface area contributed by atoms with E-state index in [1.807, 2.05) is 20.8 Å². The number of amides is 1. The molecule has 1 aromatic rings. The van der Waals surface area contributed by atoms with Gasteiger partial charge in [0.15, 0.2) is 0 Å². The summed E-state index contributed by atoms with van der Waals surface area (Å²) in [6, 6.07) is 1.69. The van der Waals surface area contributed by atoms with Crippen molar-refractivity contribution >= 4 is 5.91 Å². The molecule has 0 bridgehead atoms. The molecule has 5 nitrogen and oxygen atoms in total. The number of nitrogens with zero attached hydrogens (tertiary/aromatic N) is 1. The van der Waals surface area contributed by atoms with Crippen LogP contribution in [-0.2, 0) is 0 Å². The summed E-state index contributed by atoms with van der Waals surface area (Å²) in [7, 11) is 1.58. The number of carbonyl (C=O) groups excluding carboxylic acids is 1. The highest BCUT2D eigenvalue weighted by Crippen LogP contribution is 2.29. The van der Waals surface area contributed by atoms with E-state index in [2.05, 4.69) is 10.3 Å². The molecule has 0 atom stereocenters. The van der Waals surface area contributed by atoms with Gasteiger partial charge in [0, 0.05) is 7.05 Å². The summed E-state index contributed by atoms with van der Waals surface area (Å²) < 4.78 is 11.4. The zero-order valence-corrected chi connectivity index (χ0v) is 11.8. The van der Waals surface area contributed by atoms with Gasteiger partial charge in [0.2, 0.25) is 5.88 Å². The topological polar surface area (TPSA) is 60.5 Å². The quantitative estimate of drug-likeness (QED) is 0.905. The van der Waals surface area contributed by atoms with Crippen LogP contribution in [0.3, 0.4) is 0 Å². The lowest BCUT2D eigenvalue weighted by Gasteiger charge is -2.22. The van der Waals surface area contributed by atoms with Gasteiger partial charge in [-0.05, 0) is 39.7 Å². The Hall–Kier alpha value is -1.78. The summed E-state index contributed by atoms with van der Waals surface area (Å²) in [4.78, 5) is 16.1. The summed E-state index contributed by atoms with van der Waals surface area (Å²) in [6.45, 7) is 5.74. The zero-order valence-electron chi connectivity index (χ0n) is 11.8. The van der Waals surface area contributed by atoms with E-state index in [0.29, 0.717) is 17.2 Å². The fraction of sp³-hybridized carbons (Fsp3) is 0.571. The van der Waals surface area contributed by atoms with Crippen molar-refractivity contribution in [1.82, 2.24) is 10.3 Å². The van der Waals surface area contributed by atoms with Crippen LogP contribution in [0.25, 0.3) is 0 Å². The first-order chi connectivity index (χ1) is 8.89. The average molecular weight is 264 g/mol. The van der Waals surface area contributed by atoms with Crippen LogP contribution in [0.4, 0.5) is 0 Å². The number of hydrogen-bond donors (Lipinski definition) is 1. The van der Waals surface area contributed by atoms with Gasteiger partial charge in [-0.2, -0.15) is 0 Å². The lowest BCUT2D eigenvalue weighted by Crippen LogP contribution is -2.27. The van der Waals surface area contributed by atoms with Crippen LogP contribution in [0.1, 0.15) is 44.0 Å². The Labute approximate surface area is 113 Å². The maximum absolute atomic E-state index is 11.9. The first-order valence-electron chi connectivity index (χ1n) is 6.47. The maximum atomic E-state index is 11.9. The molecular formula is C14H20N2O3. The second-order valence-electron chi connectivity index (χ2n) is 5.63. The minimum Gasteiger partial charge on any atom is -0.489 e. The number of hydrogen-bond acceptors (Lipinski definition) is 4. The Morgan fingerprint density at radius 1 is 1.42 bits per heavy atom. The van der Waals surface area contributed by atoms with Crippen molar-refractivity contribution in [2.24, 2.45) is 0 Å². The van der Waals surface area contributed by atoms with Crippen LogP contribution >= 0.6 is 0 Å². The highest BCUT2D eigenvalue weighted by atomic mass is 16.5. The van der Waals surface area contributed by atoms with Crippen molar-refractivity contribution in [3.63, 3.8) is 0 Å². The van der Waals surface area contributed by atoms with Gasteiger partial charge in [-0.1, -0.05) is 0 Å². The number of rotatable bonds is 4. The van der Waals surface area contributed by atoms with Crippen molar-refractivity contribution in [3.05, 3.63) is 17.8 Å². The van der Waals surface area contributed by atoms with Gasteiger partial charge < -0.3 is 14.8 Å². The van der Waals surface area contributed by atoms with Crippen LogP contribution in [0.15, 0.2) is 12.3 Å². The molecule has 1 saturated carbocycles. The Morgan fingerprint density at radius 3 is 2.63 bits per heavy atom. The first-order valence-corrected chi connectivity index (χ1v) is 6.47. The van der Waals surface area contributed by atoms with E-state index in [1.165, 1.54) is 0 Å². The molecule has 104 valence electrons. The average Bonchev–Trinajstić information content (AvgIpc) is 3.12. The monoisotopic (exact) mass is 264 g/mol. The molecule has 1 aliphatic carbocycles. The van der Waals surface area contributed by atoms with Gasteiger partial charge in [0.25, 0.3) is 5.91 Å². The maximum Gasteiger partial charge on any atom is 0.256 e. The van der Waals surface area contributed by atoms with Crippen molar-refractivity contribution < 1.29 is 14.3 Å². The summed E-state index contributed by atoms with van der Waals surface area (Å²) in [5, 5.41) is 2.59. The molecule has 1 amide bonds. The highest BCUT2D eigenvalue weighted by Gasteiger charge is 2.25. The number of carbonyl (C=O) groups is 1. The van der Waals surface area contributed by atoms with Crippen LogP contribution in [-0.4, -0.2) is 29.6 Å². The van der Waals surface area contributed by atoms with Crippen LogP contribution in [0, 0.1) is 0 Å². The molecule has 1 aliphatic rings. The van der Waals surface area contributed by atoms with E-state index in [-0.39, 0.29) is 12.0 Å². The van der Waals surface area contributed by atoms with Gasteiger partial charge in [-0.25, -0.2) is 4.98 Å². The fourth-order valence-electron chi connectivity index (χ4n) is 1.54. The number of ether oxygens (including phenoxy) is 2. The van der Waals surface area contributed by atoms with Gasteiger partial charge in [0.05, 0.1) is 12.3 Å². The van der Waals surface area contributed by atoms with Crippen LogP contribution in [0.2, 0.25) is 0 Å².